The molecule has 2 aromatic carbocycles. The predicted octanol–water partition coefficient (Wildman–Crippen LogP) is 2.31. The van der Waals surface area contributed by atoms with Crippen LogP contribution in [0.15, 0.2) is 48.5 Å². The Bertz CT molecular complexity index is 672. The minimum atomic E-state index is -0.586. The molecular weight excluding hydrogens is 294 g/mol. The number of fused-ring (bicyclic) bond motifs is 1. The number of aliphatic hydroxyl groups excluding tert-OH is 1. The van der Waals surface area contributed by atoms with Crippen LogP contribution in [0.4, 0.5) is 0 Å². The molecule has 1 heterocycles. The Labute approximate surface area is 134 Å². The second-order valence-corrected chi connectivity index (χ2v) is 5.33. The fourth-order valence-electron chi connectivity index (χ4n) is 2.45. The molecule has 1 aliphatic rings. The monoisotopic (exact) mass is 313 g/mol. The van der Waals surface area contributed by atoms with Gasteiger partial charge in [0.15, 0.2) is 11.5 Å². The highest BCUT2D eigenvalue weighted by Gasteiger charge is 2.15. The van der Waals surface area contributed by atoms with Crippen LogP contribution in [0.25, 0.3) is 0 Å². The Kier molecular flexibility index (Phi) is 4.78. The van der Waals surface area contributed by atoms with Gasteiger partial charge in [0.25, 0.3) is 5.91 Å². The minimum Gasteiger partial charge on any atom is -0.486 e. The second-order valence-electron chi connectivity index (χ2n) is 5.33. The van der Waals surface area contributed by atoms with Crippen molar-refractivity contribution in [2.75, 3.05) is 19.8 Å². The van der Waals surface area contributed by atoms with Crippen LogP contribution in [0.1, 0.15) is 28.4 Å². The smallest absolute Gasteiger partial charge is 0.251 e. The lowest BCUT2D eigenvalue weighted by atomic mass is 10.1. The fourth-order valence-corrected chi connectivity index (χ4v) is 2.45. The number of hydrogen-bond donors (Lipinski definition) is 2. The van der Waals surface area contributed by atoms with E-state index in [-0.39, 0.29) is 5.91 Å². The van der Waals surface area contributed by atoms with Gasteiger partial charge in [-0.25, -0.2) is 0 Å². The average molecular weight is 313 g/mol. The van der Waals surface area contributed by atoms with Gasteiger partial charge in [-0.2, -0.15) is 0 Å². The molecule has 23 heavy (non-hydrogen) atoms. The third kappa shape index (κ3) is 3.81. The highest BCUT2D eigenvalue weighted by atomic mass is 16.6. The maximum atomic E-state index is 12.2. The van der Waals surface area contributed by atoms with Gasteiger partial charge in [-0.3, -0.25) is 4.79 Å². The second kappa shape index (κ2) is 7.15. The van der Waals surface area contributed by atoms with Crippen LogP contribution < -0.4 is 14.8 Å². The highest BCUT2D eigenvalue weighted by Crippen LogP contribution is 2.30. The van der Waals surface area contributed by atoms with E-state index in [0.29, 0.717) is 43.2 Å². The Balaban J connectivity index is 1.53. The molecular formula is C18H19NO4. The molecule has 1 atom stereocenters. The topological polar surface area (TPSA) is 67.8 Å². The van der Waals surface area contributed by atoms with Crippen LogP contribution in [0, 0.1) is 0 Å². The van der Waals surface area contributed by atoms with Gasteiger partial charge in [0, 0.05) is 12.1 Å². The number of carbonyl (C=O) groups is 1. The number of carbonyl (C=O) groups excluding carboxylic acids is 1. The fraction of sp³-hybridized carbons (Fsp3) is 0.278. The predicted molar refractivity (Wildman–Crippen MR) is 85.8 cm³/mol. The zero-order chi connectivity index (χ0) is 16.1. The van der Waals surface area contributed by atoms with E-state index in [4.69, 9.17) is 9.47 Å². The van der Waals surface area contributed by atoms with E-state index in [0.717, 1.165) is 5.56 Å². The van der Waals surface area contributed by atoms with Gasteiger partial charge in [-0.1, -0.05) is 30.3 Å². The van der Waals surface area contributed by atoms with Gasteiger partial charge < -0.3 is 19.9 Å². The number of nitrogens with one attached hydrogen (secondary N) is 1. The van der Waals surface area contributed by atoms with Gasteiger partial charge in [0.2, 0.25) is 0 Å². The number of rotatable bonds is 5. The molecule has 0 aromatic heterocycles. The van der Waals surface area contributed by atoms with E-state index >= 15 is 0 Å². The third-order valence-corrected chi connectivity index (χ3v) is 3.69. The molecule has 1 unspecified atom stereocenters. The molecule has 0 radical (unpaired) electrons. The molecule has 0 fully saturated rings. The van der Waals surface area contributed by atoms with Crippen molar-refractivity contribution in [3.63, 3.8) is 0 Å². The van der Waals surface area contributed by atoms with Crippen LogP contribution in [-0.4, -0.2) is 30.8 Å². The molecule has 1 amide bonds. The lowest BCUT2D eigenvalue weighted by Crippen LogP contribution is -2.26. The molecule has 0 aliphatic carbocycles. The number of hydrogen-bond acceptors (Lipinski definition) is 4. The first-order chi connectivity index (χ1) is 11.2. The van der Waals surface area contributed by atoms with Crippen molar-refractivity contribution in [2.45, 2.75) is 12.5 Å². The first-order valence-corrected chi connectivity index (χ1v) is 7.65. The maximum absolute atomic E-state index is 12.2. The van der Waals surface area contributed by atoms with Gasteiger partial charge in [-0.05, 0) is 30.2 Å². The number of benzene rings is 2. The zero-order valence-corrected chi connectivity index (χ0v) is 12.7. The summed E-state index contributed by atoms with van der Waals surface area (Å²) in [5.74, 6) is 1.06. The van der Waals surface area contributed by atoms with Gasteiger partial charge in [0.05, 0.1) is 6.10 Å². The molecule has 5 heteroatoms. The van der Waals surface area contributed by atoms with Crippen molar-refractivity contribution in [1.29, 1.82) is 0 Å². The Morgan fingerprint density at radius 3 is 2.61 bits per heavy atom. The Morgan fingerprint density at radius 2 is 1.83 bits per heavy atom. The largest absolute Gasteiger partial charge is 0.486 e. The number of aliphatic hydroxyl groups is 1. The summed E-state index contributed by atoms with van der Waals surface area (Å²) in [5.41, 5.74) is 1.37. The summed E-state index contributed by atoms with van der Waals surface area (Å²) in [4.78, 5) is 12.2. The van der Waals surface area contributed by atoms with Crippen molar-refractivity contribution in [3.05, 3.63) is 59.7 Å². The first kappa shape index (κ1) is 15.4. The minimum absolute atomic E-state index is 0.192. The van der Waals surface area contributed by atoms with Crippen LogP contribution in [0.3, 0.4) is 0 Å². The van der Waals surface area contributed by atoms with Crippen LogP contribution in [0.5, 0.6) is 11.5 Å². The molecule has 0 saturated heterocycles. The highest BCUT2D eigenvalue weighted by molar-refractivity contribution is 5.94. The Hall–Kier alpha value is -2.53. The molecule has 2 aromatic rings. The first-order valence-electron chi connectivity index (χ1n) is 7.65. The lowest BCUT2D eigenvalue weighted by Gasteiger charge is -2.18. The zero-order valence-electron chi connectivity index (χ0n) is 12.7. The molecule has 1 aliphatic heterocycles. The molecule has 0 spiro atoms. The van der Waals surface area contributed by atoms with Crippen molar-refractivity contribution in [1.82, 2.24) is 5.32 Å². The third-order valence-electron chi connectivity index (χ3n) is 3.69. The van der Waals surface area contributed by atoms with E-state index in [1.807, 2.05) is 30.3 Å². The van der Waals surface area contributed by atoms with Crippen molar-refractivity contribution < 1.29 is 19.4 Å². The summed E-state index contributed by atoms with van der Waals surface area (Å²) in [7, 11) is 0. The summed E-state index contributed by atoms with van der Waals surface area (Å²) < 4.78 is 10.9. The summed E-state index contributed by atoms with van der Waals surface area (Å²) in [6, 6.07) is 14.5. The van der Waals surface area contributed by atoms with Gasteiger partial charge >= 0.3 is 0 Å². The van der Waals surface area contributed by atoms with Crippen molar-refractivity contribution in [2.24, 2.45) is 0 Å². The van der Waals surface area contributed by atoms with Crippen LogP contribution >= 0.6 is 0 Å². The van der Waals surface area contributed by atoms with E-state index in [1.165, 1.54) is 0 Å². The summed E-state index contributed by atoms with van der Waals surface area (Å²) >= 11 is 0. The lowest BCUT2D eigenvalue weighted by molar-refractivity contribution is 0.0941. The molecule has 5 nitrogen and oxygen atoms in total. The summed E-state index contributed by atoms with van der Waals surface area (Å²) in [6.07, 6.45) is -0.128. The quantitative estimate of drug-likeness (QED) is 0.889. The van der Waals surface area contributed by atoms with E-state index in [9.17, 15) is 9.90 Å². The van der Waals surface area contributed by atoms with E-state index < -0.39 is 6.10 Å². The maximum Gasteiger partial charge on any atom is 0.251 e. The molecule has 0 saturated carbocycles. The molecule has 3 rings (SSSR count). The van der Waals surface area contributed by atoms with Crippen molar-refractivity contribution in [3.8, 4) is 11.5 Å². The van der Waals surface area contributed by atoms with Gasteiger partial charge in [-0.15, -0.1) is 0 Å². The standard InChI is InChI=1S/C18H19NO4/c20-15(13-4-2-1-3-5-13)8-9-19-18(21)14-6-7-16-17(12-14)23-11-10-22-16/h1-7,12,15,20H,8-11H2,(H,19,21). The number of ether oxygens (including phenoxy) is 2. The molecule has 2 N–H and O–H groups in total. The molecule has 120 valence electrons. The van der Waals surface area contributed by atoms with E-state index in [2.05, 4.69) is 5.32 Å². The Morgan fingerprint density at radius 1 is 1.09 bits per heavy atom. The van der Waals surface area contributed by atoms with Crippen LogP contribution in [-0.2, 0) is 0 Å². The van der Waals surface area contributed by atoms with Gasteiger partial charge in [0.1, 0.15) is 13.2 Å². The molecule has 0 bridgehead atoms. The number of amides is 1. The SMILES string of the molecule is O=C(NCCC(O)c1ccccc1)c1ccc2c(c1)OCCO2. The summed E-state index contributed by atoms with van der Waals surface area (Å²) in [6.45, 7) is 1.40. The van der Waals surface area contributed by atoms with Crippen molar-refractivity contribution >= 4 is 5.91 Å². The average Bonchev–Trinajstić information content (AvgIpc) is 2.61. The van der Waals surface area contributed by atoms with Crippen LogP contribution in [0.2, 0.25) is 0 Å². The summed E-state index contributed by atoms with van der Waals surface area (Å²) in [5, 5.41) is 12.9. The van der Waals surface area contributed by atoms with E-state index in [1.54, 1.807) is 18.2 Å². The normalized spacial score (nSPS) is 14.1.